The van der Waals surface area contributed by atoms with Gasteiger partial charge in [-0.15, -0.1) is 0 Å². The molecule has 1 aliphatic rings. The summed E-state index contributed by atoms with van der Waals surface area (Å²) >= 11 is 6.27. The lowest BCUT2D eigenvalue weighted by Crippen LogP contribution is -2.06. The van der Waals surface area contributed by atoms with Gasteiger partial charge in [0.2, 0.25) is 0 Å². The lowest BCUT2D eigenvalue weighted by Gasteiger charge is -2.10. The van der Waals surface area contributed by atoms with Crippen molar-refractivity contribution in [2.75, 3.05) is 11.9 Å². The van der Waals surface area contributed by atoms with Gasteiger partial charge in [-0.05, 0) is 42.7 Å². The number of hydrogen-bond acceptors (Lipinski definition) is 2. The van der Waals surface area contributed by atoms with Crippen LogP contribution < -0.4 is 5.32 Å². The van der Waals surface area contributed by atoms with E-state index in [9.17, 15) is 4.39 Å². The predicted octanol–water partition coefficient (Wildman–Crippen LogP) is 4.86. The van der Waals surface area contributed by atoms with Crippen LogP contribution in [-0.4, -0.2) is 16.3 Å². The number of anilines is 1. The van der Waals surface area contributed by atoms with Crippen molar-refractivity contribution < 1.29 is 4.39 Å². The molecular formula is C19H17ClFN3. The minimum absolute atomic E-state index is 0.339. The Hall–Kier alpha value is -2.33. The van der Waals surface area contributed by atoms with E-state index in [0.717, 1.165) is 47.7 Å². The van der Waals surface area contributed by atoms with Crippen molar-refractivity contribution >= 4 is 17.4 Å². The van der Waals surface area contributed by atoms with Gasteiger partial charge >= 0.3 is 0 Å². The number of aryl methyl sites for hydroxylation is 1. The van der Waals surface area contributed by atoms with E-state index in [-0.39, 0.29) is 5.82 Å². The summed E-state index contributed by atoms with van der Waals surface area (Å²) in [4.78, 5) is 0. The Kier molecular flexibility index (Phi) is 3.77. The molecule has 1 aliphatic heterocycles. The van der Waals surface area contributed by atoms with Gasteiger partial charge in [-0.2, -0.15) is 5.10 Å². The quantitative estimate of drug-likeness (QED) is 0.737. The molecule has 2 heterocycles. The SMILES string of the molecule is CCc1ccccc1-n1nc(-c2ccc(F)cc2Cl)c2c1NCC2. The van der Waals surface area contributed by atoms with Gasteiger partial charge in [0.1, 0.15) is 11.6 Å². The zero-order chi connectivity index (χ0) is 16.7. The molecule has 5 heteroatoms. The van der Waals surface area contributed by atoms with Crippen molar-refractivity contribution in [1.29, 1.82) is 0 Å². The average molecular weight is 342 g/mol. The Labute approximate surface area is 145 Å². The molecule has 0 radical (unpaired) electrons. The van der Waals surface area contributed by atoms with Crippen molar-refractivity contribution in [1.82, 2.24) is 9.78 Å². The van der Waals surface area contributed by atoms with Gasteiger partial charge in [-0.3, -0.25) is 0 Å². The molecule has 1 N–H and O–H groups in total. The Morgan fingerprint density at radius 3 is 2.88 bits per heavy atom. The predicted molar refractivity (Wildman–Crippen MR) is 95.5 cm³/mol. The Balaban J connectivity index is 1.93. The van der Waals surface area contributed by atoms with Crippen LogP contribution in [0.3, 0.4) is 0 Å². The molecule has 0 saturated carbocycles. The number of hydrogen-bond donors (Lipinski definition) is 1. The van der Waals surface area contributed by atoms with Crippen LogP contribution in [0.2, 0.25) is 5.02 Å². The van der Waals surface area contributed by atoms with Crippen LogP contribution in [0, 0.1) is 5.82 Å². The third-order valence-electron chi connectivity index (χ3n) is 4.44. The summed E-state index contributed by atoms with van der Waals surface area (Å²) in [5.41, 5.74) is 5.02. The maximum Gasteiger partial charge on any atom is 0.133 e. The zero-order valence-corrected chi connectivity index (χ0v) is 14.1. The second-order valence-corrected chi connectivity index (χ2v) is 6.28. The maximum absolute atomic E-state index is 13.4. The highest BCUT2D eigenvalue weighted by molar-refractivity contribution is 6.33. The Bertz CT molecular complexity index is 917. The number of halogens is 2. The van der Waals surface area contributed by atoms with Crippen LogP contribution >= 0.6 is 11.6 Å². The number of nitrogens with one attached hydrogen (secondary N) is 1. The molecule has 0 spiro atoms. The average Bonchev–Trinajstić information content (AvgIpc) is 3.18. The number of nitrogens with zero attached hydrogens (tertiary/aromatic N) is 2. The van der Waals surface area contributed by atoms with Crippen molar-refractivity contribution in [3.63, 3.8) is 0 Å². The molecule has 1 aromatic heterocycles. The summed E-state index contributed by atoms with van der Waals surface area (Å²) in [6.45, 7) is 3.00. The second kappa shape index (κ2) is 5.95. The summed E-state index contributed by atoms with van der Waals surface area (Å²) in [5, 5.41) is 8.63. The summed E-state index contributed by atoms with van der Waals surface area (Å²) in [6, 6.07) is 12.7. The topological polar surface area (TPSA) is 29.9 Å². The van der Waals surface area contributed by atoms with E-state index < -0.39 is 0 Å². The van der Waals surface area contributed by atoms with Gasteiger partial charge in [0, 0.05) is 17.7 Å². The number of benzene rings is 2. The van der Waals surface area contributed by atoms with E-state index in [4.69, 9.17) is 16.7 Å². The first kappa shape index (κ1) is 15.2. The van der Waals surface area contributed by atoms with Gasteiger partial charge in [0.15, 0.2) is 0 Å². The molecule has 2 aromatic carbocycles. The van der Waals surface area contributed by atoms with Crippen LogP contribution in [-0.2, 0) is 12.8 Å². The van der Waals surface area contributed by atoms with Gasteiger partial charge in [0.05, 0.1) is 16.4 Å². The van der Waals surface area contributed by atoms with E-state index >= 15 is 0 Å². The van der Waals surface area contributed by atoms with Crippen LogP contribution in [0.1, 0.15) is 18.1 Å². The smallest absolute Gasteiger partial charge is 0.133 e. The molecule has 0 saturated heterocycles. The van der Waals surface area contributed by atoms with E-state index in [1.165, 1.54) is 17.7 Å². The molecule has 0 bridgehead atoms. The molecule has 3 aromatic rings. The number of para-hydroxylation sites is 1. The maximum atomic E-state index is 13.4. The summed E-state index contributed by atoms with van der Waals surface area (Å²) in [5.74, 6) is 0.667. The minimum Gasteiger partial charge on any atom is -0.369 e. The number of fused-ring (bicyclic) bond motifs is 1. The van der Waals surface area contributed by atoms with Gasteiger partial charge in [-0.1, -0.05) is 36.7 Å². The summed E-state index contributed by atoms with van der Waals surface area (Å²) < 4.78 is 15.3. The summed E-state index contributed by atoms with van der Waals surface area (Å²) in [6.07, 6.45) is 1.81. The first-order chi connectivity index (χ1) is 11.7. The normalized spacial score (nSPS) is 13.0. The van der Waals surface area contributed by atoms with Crippen LogP contribution in [0.25, 0.3) is 16.9 Å². The standard InChI is InChI=1S/C19H17ClFN3/c1-2-12-5-3-4-6-17(12)24-19-15(9-10-22-19)18(23-24)14-8-7-13(21)11-16(14)20/h3-8,11,22H,2,9-10H2,1H3. The van der Waals surface area contributed by atoms with Crippen LogP contribution in [0.5, 0.6) is 0 Å². The molecule has 0 amide bonds. The second-order valence-electron chi connectivity index (χ2n) is 5.87. The summed E-state index contributed by atoms with van der Waals surface area (Å²) in [7, 11) is 0. The van der Waals surface area contributed by atoms with Crippen LogP contribution in [0.4, 0.5) is 10.2 Å². The highest BCUT2D eigenvalue weighted by atomic mass is 35.5. The monoisotopic (exact) mass is 341 g/mol. The lowest BCUT2D eigenvalue weighted by molar-refractivity contribution is 0.628. The van der Waals surface area contributed by atoms with Crippen LogP contribution in [0.15, 0.2) is 42.5 Å². The zero-order valence-electron chi connectivity index (χ0n) is 13.3. The first-order valence-electron chi connectivity index (χ1n) is 8.08. The highest BCUT2D eigenvalue weighted by Crippen LogP contribution is 2.38. The van der Waals surface area contributed by atoms with Gasteiger partial charge < -0.3 is 5.32 Å². The Morgan fingerprint density at radius 2 is 2.08 bits per heavy atom. The molecule has 0 fully saturated rings. The van der Waals surface area contributed by atoms with Crippen molar-refractivity contribution in [3.8, 4) is 16.9 Å². The largest absolute Gasteiger partial charge is 0.369 e. The van der Waals surface area contributed by atoms with Crippen molar-refractivity contribution in [2.45, 2.75) is 19.8 Å². The first-order valence-corrected chi connectivity index (χ1v) is 8.46. The van der Waals surface area contributed by atoms with Crippen molar-refractivity contribution in [2.24, 2.45) is 0 Å². The van der Waals surface area contributed by atoms with Gasteiger partial charge in [0.25, 0.3) is 0 Å². The number of aromatic nitrogens is 2. The van der Waals surface area contributed by atoms with E-state index in [0.29, 0.717) is 5.02 Å². The lowest BCUT2D eigenvalue weighted by atomic mass is 10.1. The molecule has 24 heavy (non-hydrogen) atoms. The minimum atomic E-state index is -0.339. The highest BCUT2D eigenvalue weighted by Gasteiger charge is 2.25. The molecule has 0 unspecified atom stereocenters. The molecule has 0 aliphatic carbocycles. The molecule has 122 valence electrons. The van der Waals surface area contributed by atoms with E-state index in [1.807, 2.05) is 16.8 Å². The van der Waals surface area contributed by atoms with Crippen molar-refractivity contribution in [3.05, 3.63) is 64.4 Å². The number of rotatable bonds is 3. The fourth-order valence-electron chi connectivity index (χ4n) is 3.26. The third-order valence-corrected chi connectivity index (χ3v) is 4.75. The van der Waals surface area contributed by atoms with E-state index in [2.05, 4.69) is 24.4 Å². The molecule has 4 rings (SSSR count). The fraction of sp³-hybridized carbons (Fsp3) is 0.211. The molecular weight excluding hydrogens is 325 g/mol. The Morgan fingerprint density at radius 1 is 1.25 bits per heavy atom. The van der Waals surface area contributed by atoms with Gasteiger partial charge in [-0.25, -0.2) is 9.07 Å². The molecule has 3 nitrogen and oxygen atoms in total. The third kappa shape index (κ3) is 2.38. The fourth-order valence-corrected chi connectivity index (χ4v) is 3.52. The molecule has 0 atom stereocenters. The van der Waals surface area contributed by atoms with E-state index in [1.54, 1.807) is 6.07 Å².